The van der Waals surface area contributed by atoms with Crippen LogP contribution in [0.15, 0.2) is 53.6 Å². The van der Waals surface area contributed by atoms with Gasteiger partial charge in [-0.3, -0.25) is 14.0 Å². The van der Waals surface area contributed by atoms with E-state index in [0.29, 0.717) is 5.39 Å². The molecule has 7 nitrogen and oxygen atoms in total. The second kappa shape index (κ2) is 7.15. The van der Waals surface area contributed by atoms with Gasteiger partial charge in [0.25, 0.3) is 11.5 Å². The SMILES string of the molecule is O=C(N[C@H]1CC2(C1)C[C@H](c1n[nH]c(=O)c3ccccc31)C2)c1cnc2cc(C(F)(F)F)ccn12. The van der Waals surface area contributed by atoms with Gasteiger partial charge in [0, 0.05) is 23.5 Å². The van der Waals surface area contributed by atoms with Gasteiger partial charge in [0.2, 0.25) is 0 Å². The van der Waals surface area contributed by atoms with Crippen LogP contribution < -0.4 is 10.9 Å². The standard InChI is InChI=1S/C24H20F3N5O2/c25-24(26,27)14-5-6-32-18(12-28-19(32)7-14)22(34)29-15-10-23(11-15)8-13(9-23)20-16-3-1-2-4-17(16)21(33)31-30-20/h1-7,12-13,15H,8-11H2,(H,29,34)(H,31,33)/t13-,15-,23?. The van der Waals surface area contributed by atoms with Gasteiger partial charge in [-0.2, -0.15) is 18.3 Å². The van der Waals surface area contributed by atoms with E-state index in [0.717, 1.165) is 48.9 Å². The van der Waals surface area contributed by atoms with Crippen molar-refractivity contribution in [2.24, 2.45) is 5.41 Å². The molecule has 0 bridgehead atoms. The summed E-state index contributed by atoms with van der Waals surface area (Å²) in [4.78, 5) is 28.7. The fourth-order valence-electron chi connectivity index (χ4n) is 5.63. The first-order valence-corrected chi connectivity index (χ1v) is 11.0. The van der Waals surface area contributed by atoms with Gasteiger partial charge in [0.1, 0.15) is 11.3 Å². The Morgan fingerprint density at radius 2 is 1.85 bits per heavy atom. The van der Waals surface area contributed by atoms with E-state index in [4.69, 9.17) is 0 Å². The predicted octanol–water partition coefficient (Wildman–Crippen LogP) is 4.05. The van der Waals surface area contributed by atoms with Crippen molar-refractivity contribution >= 4 is 22.3 Å². The molecule has 3 aromatic heterocycles. The summed E-state index contributed by atoms with van der Waals surface area (Å²) in [7, 11) is 0. The molecule has 0 unspecified atom stereocenters. The molecule has 1 spiro atoms. The molecule has 2 N–H and O–H groups in total. The molecule has 0 radical (unpaired) electrons. The van der Waals surface area contributed by atoms with Crippen molar-refractivity contribution in [3.05, 3.63) is 76.1 Å². The van der Waals surface area contributed by atoms with Gasteiger partial charge >= 0.3 is 6.18 Å². The number of nitrogens with one attached hydrogen (secondary N) is 2. The van der Waals surface area contributed by atoms with Crippen LogP contribution in [0, 0.1) is 5.41 Å². The molecular formula is C24H20F3N5O2. The summed E-state index contributed by atoms with van der Waals surface area (Å²) in [6.07, 6.45) is 1.62. The maximum atomic E-state index is 12.9. The molecule has 2 saturated carbocycles. The van der Waals surface area contributed by atoms with Gasteiger partial charge in [-0.25, -0.2) is 10.1 Å². The quantitative estimate of drug-likeness (QED) is 0.476. The van der Waals surface area contributed by atoms with E-state index < -0.39 is 11.7 Å². The van der Waals surface area contributed by atoms with E-state index >= 15 is 0 Å². The van der Waals surface area contributed by atoms with Crippen LogP contribution in [0.5, 0.6) is 0 Å². The number of amides is 1. The first kappa shape index (κ1) is 20.9. The van der Waals surface area contributed by atoms with E-state index in [1.165, 1.54) is 16.8 Å². The molecule has 10 heteroatoms. The molecule has 0 saturated heterocycles. The Morgan fingerprint density at radius 3 is 2.59 bits per heavy atom. The van der Waals surface area contributed by atoms with Crippen molar-refractivity contribution in [3.63, 3.8) is 0 Å². The second-order valence-electron chi connectivity index (χ2n) is 9.45. The third-order valence-corrected chi connectivity index (χ3v) is 7.24. The summed E-state index contributed by atoms with van der Waals surface area (Å²) >= 11 is 0. The minimum atomic E-state index is -4.46. The minimum Gasteiger partial charge on any atom is -0.348 e. The molecule has 1 aromatic carbocycles. The summed E-state index contributed by atoms with van der Waals surface area (Å²) in [5, 5.41) is 11.4. The Balaban J connectivity index is 1.10. The van der Waals surface area contributed by atoms with Crippen LogP contribution in [0.4, 0.5) is 13.2 Å². The molecule has 4 aromatic rings. The van der Waals surface area contributed by atoms with E-state index in [1.807, 2.05) is 18.2 Å². The van der Waals surface area contributed by atoms with Crippen molar-refractivity contribution in [1.29, 1.82) is 0 Å². The van der Waals surface area contributed by atoms with Gasteiger partial charge in [0.15, 0.2) is 0 Å². The van der Waals surface area contributed by atoms with Crippen LogP contribution in [0.1, 0.15) is 53.3 Å². The Hall–Kier alpha value is -3.69. The van der Waals surface area contributed by atoms with Crippen LogP contribution in [0.25, 0.3) is 16.4 Å². The number of alkyl halides is 3. The second-order valence-corrected chi connectivity index (χ2v) is 9.45. The number of H-pyrrole nitrogens is 1. The number of hydrogen-bond donors (Lipinski definition) is 2. The monoisotopic (exact) mass is 467 g/mol. The average Bonchev–Trinajstić information content (AvgIpc) is 3.18. The number of halogens is 3. The molecule has 0 atom stereocenters. The topological polar surface area (TPSA) is 92.1 Å². The average molecular weight is 467 g/mol. The highest BCUT2D eigenvalue weighted by atomic mass is 19.4. The molecule has 0 aliphatic heterocycles. The maximum Gasteiger partial charge on any atom is 0.416 e. The van der Waals surface area contributed by atoms with E-state index in [9.17, 15) is 22.8 Å². The molecule has 2 aliphatic carbocycles. The highest BCUT2D eigenvalue weighted by Gasteiger charge is 2.54. The first-order valence-electron chi connectivity index (χ1n) is 11.0. The largest absolute Gasteiger partial charge is 0.416 e. The molecule has 2 aliphatic rings. The Labute approximate surface area is 191 Å². The number of fused-ring (bicyclic) bond motifs is 2. The normalized spacial score (nSPS) is 24.2. The van der Waals surface area contributed by atoms with E-state index in [-0.39, 0.29) is 40.2 Å². The van der Waals surface area contributed by atoms with Crippen LogP contribution in [-0.2, 0) is 6.18 Å². The molecule has 174 valence electrons. The number of benzene rings is 1. The molecule has 6 rings (SSSR count). The van der Waals surface area contributed by atoms with E-state index in [1.54, 1.807) is 6.07 Å². The summed E-state index contributed by atoms with van der Waals surface area (Å²) in [6, 6.07) is 9.34. The summed E-state index contributed by atoms with van der Waals surface area (Å²) in [6.45, 7) is 0. The Kier molecular flexibility index (Phi) is 4.39. The summed E-state index contributed by atoms with van der Waals surface area (Å²) < 4.78 is 40.1. The van der Waals surface area contributed by atoms with Gasteiger partial charge in [0.05, 0.1) is 22.8 Å². The number of hydrogen-bond acceptors (Lipinski definition) is 4. The number of imidazole rings is 1. The Bertz CT molecular complexity index is 1490. The lowest BCUT2D eigenvalue weighted by atomic mass is 9.49. The van der Waals surface area contributed by atoms with Crippen LogP contribution in [0.3, 0.4) is 0 Å². The fourth-order valence-corrected chi connectivity index (χ4v) is 5.63. The minimum absolute atomic E-state index is 0.00809. The zero-order valence-corrected chi connectivity index (χ0v) is 17.9. The van der Waals surface area contributed by atoms with Crippen molar-refractivity contribution in [1.82, 2.24) is 24.9 Å². The number of carbonyl (C=O) groups excluding carboxylic acids is 1. The highest BCUT2D eigenvalue weighted by Crippen LogP contribution is 2.62. The number of aromatic amines is 1. The summed E-state index contributed by atoms with van der Waals surface area (Å²) in [5.74, 6) is -0.0868. The fraction of sp³-hybridized carbons (Fsp3) is 0.333. The number of nitrogens with zero attached hydrogens (tertiary/aromatic N) is 3. The van der Waals surface area contributed by atoms with Gasteiger partial charge < -0.3 is 5.32 Å². The predicted molar refractivity (Wildman–Crippen MR) is 117 cm³/mol. The zero-order valence-electron chi connectivity index (χ0n) is 17.9. The van der Waals surface area contributed by atoms with Gasteiger partial charge in [-0.1, -0.05) is 18.2 Å². The van der Waals surface area contributed by atoms with Crippen LogP contribution >= 0.6 is 0 Å². The van der Waals surface area contributed by atoms with E-state index in [2.05, 4.69) is 20.5 Å². The van der Waals surface area contributed by atoms with Crippen molar-refractivity contribution in [2.45, 2.75) is 43.8 Å². The van der Waals surface area contributed by atoms with Crippen LogP contribution in [-0.4, -0.2) is 31.5 Å². The molecule has 2 fully saturated rings. The molecule has 34 heavy (non-hydrogen) atoms. The lowest BCUT2D eigenvalue weighted by Crippen LogP contribution is -2.55. The van der Waals surface area contributed by atoms with Crippen molar-refractivity contribution in [2.75, 3.05) is 0 Å². The van der Waals surface area contributed by atoms with Gasteiger partial charge in [-0.05, 0) is 49.3 Å². The van der Waals surface area contributed by atoms with Crippen molar-refractivity contribution < 1.29 is 18.0 Å². The maximum absolute atomic E-state index is 12.9. The smallest absolute Gasteiger partial charge is 0.348 e. The summed E-state index contributed by atoms with van der Waals surface area (Å²) in [5.41, 5.74) is 0.359. The molecule has 3 heterocycles. The van der Waals surface area contributed by atoms with Crippen molar-refractivity contribution in [3.8, 4) is 0 Å². The number of aromatic nitrogens is 4. The van der Waals surface area contributed by atoms with Gasteiger partial charge in [-0.15, -0.1) is 0 Å². The third kappa shape index (κ3) is 3.27. The lowest BCUT2D eigenvalue weighted by Gasteiger charge is -2.57. The Morgan fingerprint density at radius 1 is 1.12 bits per heavy atom. The third-order valence-electron chi connectivity index (χ3n) is 7.24. The van der Waals surface area contributed by atoms with Crippen LogP contribution in [0.2, 0.25) is 0 Å². The first-order chi connectivity index (χ1) is 16.2. The lowest BCUT2D eigenvalue weighted by molar-refractivity contribution is -0.137. The number of pyridine rings is 1. The number of rotatable bonds is 3. The molecular weight excluding hydrogens is 447 g/mol. The zero-order chi connectivity index (χ0) is 23.7. The molecule has 1 amide bonds. The highest BCUT2D eigenvalue weighted by molar-refractivity contribution is 5.93. The number of carbonyl (C=O) groups is 1.